The molecule has 1 amide bonds. The normalized spacial score (nSPS) is 10.1. The summed E-state index contributed by atoms with van der Waals surface area (Å²) in [5, 5.41) is 0.377. The van der Waals surface area contributed by atoms with Crippen molar-refractivity contribution in [2.24, 2.45) is 5.73 Å². The monoisotopic (exact) mass is 261 g/mol. The van der Waals surface area contributed by atoms with Gasteiger partial charge in [0.2, 0.25) is 5.91 Å². The number of nitrogens with two attached hydrogens (primary N) is 1. The number of carbonyl (C=O) groups excluding carboxylic acids is 1. The number of hydrogen-bond acceptors (Lipinski definition) is 2. The summed E-state index contributed by atoms with van der Waals surface area (Å²) in [4.78, 5) is 11.0. The van der Waals surface area contributed by atoms with Crippen molar-refractivity contribution in [3.63, 3.8) is 0 Å². The molecule has 18 heavy (non-hydrogen) atoms. The van der Waals surface area contributed by atoms with Crippen LogP contribution in [0, 0.1) is 0 Å². The number of benzene rings is 2. The third-order valence-corrected chi connectivity index (χ3v) is 2.75. The Morgan fingerprint density at radius 3 is 2.50 bits per heavy atom. The summed E-state index contributed by atoms with van der Waals surface area (Å²) in [6.07, 6.45) is 0. The van der Waals surface area contributed by atoms with Gasteiger partial charge in [0.1, 0.15) is 12.4 Å². The summed E-state index contributed by atoms with van der Waals surface area (Å²) in [5.41, 5.74) is 6.58. The first-order valence-electron chi connectivity index (χ1n) is 5.43. The highest BCUT2D eigenvalue weighted by atomic mass is 35.5. The van der Waals surface area contributed by atoms with Crippen molar-refractivity contribution in [2.45, 2.75) is 6.61 Å². The molecule has 0 atom stereocenters. The molecule has 0 fully saturated rings. The number of rotatable bonds is 4. The molecule has 3 nitrogen and oxygen atoms in total. The van der Waals surface area contributed by atoms with Crippen LogP contribution in [0.2, 0.25) is 5.02 Å². The van der Waals surface area contributed by atoms with Crippen molar-refractivity contribution in [2.75, 3.05) is 0 Å². The molecule has 0 radical (unpaired) electrons. The zero-order valence-electron chi connectivity index (χ0n) is 9.60. The van der Waals surface area contributed by atoms with Crippen LogP contribution >= 0.6 is 11.6 Å². The molecule has 92 valence electrons. The molecule has 0 aliphatic carbocycles. The maximum atomic E-state index is 11.0. The Labute approximate surface area is 110 Å². The highest BCUT2D eigenvalue weighted by Gasteiger charge is 2.06. The molecule has 2 N–H and O–H groups in total. The third kappa shape index (κ3) is 3.02. The van der Waals surface area contributed by atoms with Crippen molar-refractivity contribution < 1.29 is 9.53 Å². The number of halogens is 1. The minimum atomic E-state index is -0.508. The van der Waals surface area contributed by atoms with Crippen LogP contribution in [-0.4, -0.2) is 5.91 Å². The molecule has 2 rings (SSSR count). The first-order chi connectivity index (χ1) is 8.66. The van der Waals surface area contributed by atoms with Crippen LogP contribution in [-0.2, 0) is 6.61 Å². The standard InChI is InChI=1S/C14H12ClNO2/c15-12-8-11(14(16)17)6-7-13(12)18-9-10-4-2-1-3-5-10/h1-8H,9H2,(H2,16,17). The average molecular weight is 262 g/mol. The fourth-order valence-electron chi connectivity index (χ4n) is 1.51. The molecule has 0 unspecified atom stereocenters. The number of primary amides is 1. The second-order valence-corrected chi connectivity index (χ2v) is 4.19. The largest absolute Gasteiger partial charge is 0.487 e. The predicted molar refractivity (Wildman–Crippen MR) is 70.7 cm³/mol. The van der Waals surface area contributed by atoms with Crippen molar-refractivity contribution in [1.82, 2.24) is 0 Å². The van der Waals surface area contributed by atoms with E-state index in [2.05, 4.69) is 0 Å². The van der Waals surface area contributed by atoms with Crippen molar-refractivity contribution >= 4 is 17.5 Å². The molecule has 0 saturated carbocycles. The summed E-state index contributed by atoms with van der Waals surface area (Å²) in [6.45, 7) is 0.427. The fourth-order valence-corrected chi connectivity index (χ4v) is 1.74. The molecular weight excluding hydrogens is 250 g/mol. The SMILES string of the molecule is NC(=O)c1ccc(OCc2ccccc2)c(Cl)c1. The minimum Gasteiger partial charge on any atom is -0.487 e. The van der Waals surface area contributed by atoms with Gasteiger partial charge in [0.15, 0.2) is 0 Å². The van der Waals surface area contributed by atoms with Gasteiger partial charge >= 0.3 is 0 Å². The van der Waals surface area contributed by atoms with Gasteiger partial charge in [-0.3, -0.25) is 4.79 Å². The van der Waals surface area contributed by atoms with Crippen LogP contribution < -0.4 is 10.5 Å². The zero-order chi connectivity index (χ0) is 13.0. The van der Waals surface area contributed by atoms with E-state index in [1.54, 1.807) is 12.1 Å². The predicted octanol–water partition coefficient (Wildman–Crippen LogP) is 3.02. The number of ether oxygens (including phenoxy) is 1. The van der Waals surface area contributed by atoms with E-state index in [0.717, 1.165) is 5.56 Å². The molecule has 0 aliphatic rings. The molecule has 0 spiro atoms. The molecule has 0 bridgehead atoms. The topological polar surface area (TPSA) is 52.3 Å². The Balaban J connectivity index is 2.08. The van der Waals surface area contributed by atoms with E-state index >= 15 is 0 Å². The highest BCUT2D eigenvalue weighted by molar-refractivity contribution is 6.32. The van der Waals surface area contributed by atoms with E-state index in [-0.39, 0.29) is 0 Å². The molecule has 0 heterocycles. The van der Waals surface area contributed by atoms with E-state index in [9.17, 15) is 4.79 Å². The van der Waals surface area contributed by atoms with Crippen LogP contribution in [0.4, 0.5) is 0 Å². The van der Waals surface area contributed by atoms with Crippen molar-refractivity contribution in [3.05, 3.63) is 64.7 Å². The molecule has 0 saturated heterocycles. The Morgan fingerprint density at radius 1 is 1.17 bits per heavy atom. The van der Waals surface area contributed by atoms with Gasteiger partial charge in [-0.25, -0.2) is 0 Å². The minimum absolute atomic E-state index is 0.368. The van der Waals surface area contributed by atoms with Gasteiger partial charge in [-0.1, -0.05) is 41.9 Å². The van der Waals surface area contributed by atoms with E-state index in [0.29, 0.717) is 22.9 Å². The van der Waals surface area contributed by atoms with Gasteiger partial charge in [0, 0.05) is 5.56 Å². The summed E-state index contributed by atoms with van der Waals surface area (Å²) >= 11 is 6.01. The average Bonchev–Trinajstić information content (AvgIpc) is 2.38. The fraction of sp³-hybridized carbons (Fsp3) is 0.0714. The van der Waals surface area contributed by atoms with Gasteiger partial charge in [-0.15, -0.1) is 0 Å². The second kappa shape index (κ2) is 5.56. The van der Waals surface area contributed by atoms with Gasteiger partial charge in [-0.2, -0.15) is 0 Å². The lowest BCUT2D eigenvalue weighted by Gasteiger charge is -2.08. The van der Waals surface area contributed by atoms with E-state index in [4.69, 9.17) is 22.1 Å². The zero-order valence-corrected chi connectivity index (χ0v) is 10.4. The maximum Gasteiger partial charge on any atom is 0.248 e. The Morgan fingerprint density at radius 2 is 1.89 bits per heavy atom. The van der Waals surface area contributed by atoms with Crippen molar-refractivity contribution in [1.29, 1.82) is 0 Å². The quantitative estimate of drug-likeness (QED) is 0.920. The second-order valence-electron chi connectivity index (χ2n) is 3.78. The Hall–Kier alpha value is -2.00. The highest BCUT2D eigenvalue weighted by Crippen LogP contribution is 2.26. The van der Waals surface area contributed by atoms with Gasteiger partial charge in [-0.05, 0) is 23.8 Å². The smallest absolute Gasteiger partial charge is 0.248 e. The van der Waals surface area contributed by atoms with Gasteiger partial charge in [0.25, 0.3) is 0 Å². The van der Waals surface area contributed by atoms with E-state index in [1.165, 1.54) is 6.07 Å². The van der Waals surface area contributed by atoms with Crippen LogP contribution in [0.15, 0.2) is 48.5 Å². The first kappa shape index (κ1) is 12.5. The number of hydrogen-bond donors (Lipinski definition) is 1. The van der Waals surface area contributed by atoms with Crippen molar-refractivity contribution in [3.8, 4) is 5.75 Å². The molecule has 0 aliphatic heterocycles. The van der Waals surface area contributed by atoms with E-state index < -0.39 is 5.91 Å². The molecular formula is C14H12ClNO2. The first-order valence-corrected chi connectivity index (χ1v) is 5.80. The lowest BCUT2D eigenvalue weighted by molar-refractivity contribution is 0.100. The number of amides is 1. The lowest BCUT2D eigenvalue weighted by atomic mass is 10.2. The lowest BCUT2D eigenvalue weighted by Crippen LogP contribution is -2.10. The summed E-state index contributed by atoms with van der Waals surface area (Å²) in [5.74, 6) is 0.0250. The van der Waals surface area contributed by atoms with Crippen LogP contribution in [0.5, 0.6) is 5.75 Å². The summed E-state index contributed by atoms with van der Waals surface area (Å²) in [6, 6.07) is 14.5. The van der Waals surface area contributed by atoms with Crippen LogP contribution in [0.3, 0.4) is 0 Å². The third-order valence-electron chi connectivity index (χ3n) is 2.45. The van der Waals surface area contributed by atoms with Gasteiger partial charge in [0.05, 0.1) is 5.02 Å². The Kier molecular flexibility index (Phi) is 3.85. The number of carbonyl (C=O) groups is 1. The van der Waals surface area contributed by atoms with Gasteiger partial charge < -0.3 is 10.5 Å². The van der Waals surface area contributed by atoms with Crippen LogP contribution in [0.1, 0.15) is 15.9 Å². The molecule has 4 heteroatoms. The molecule has 0 aromatic heterocycles. The molecule has 2 aromatic rings. The summed E-state index contributed by atoms with van der Waals surface area (Å²) in [7, 11) is 0. The maximum absolute atomic E-state index is 11.0. The summed E-state index contributed by atoms with van der Waals surface area (Å²) < 4.78 is 5.57. The van der Waals surface area contributed by atoms with E-state index in [1.807, 2.05) is 30.3 Å². The van der Waals surface area contributed by atoms with Crippen LogP contribution in [0.25, 0.3) is 0 Å². The Bertz CT molecular complexity index is 555. The molecule has 2 aromatic carbocycles.